The maximum Gasteiger partial charge on any atom is 0.115 e. The molecular weight excluding hydrogens is 286 g/mol. The molecule has 23 heavy (non-hydrogen) atoms. The average molecular weight is 309 g/mol. The quantitative estimate of drug-likeness (QED) is 0.852. The molecule has 120 valence electrons. The molecule has 2 saturated heterocycles. The summed E-state index contributed by atoms with van der Waals surface area (Å²) in [6.07, 6.45) is 11.8. The molecule has 0 aromatic carbocycles. The van der Waals surface area contributed by atoms with Gasteiger partial charge >= 0.3 is 0 Å². The molecule has 0 aliphatic carbocycles. The fraction of sp³-hybridized carbons (Fsp3) is 0.444. The van der Waals surface area contributed by atoms with Crippen LogP contribution in [0.5, 0.6) is 0 Å². The molecular formula is C18H23N5. The Morgan fingerprint density at radius 2 is 1.70 bits per heavy atom. The summed E-state index contributed by atoms with van der Waals surface area (Å²) in [5.74, 6) is 0.792. The van der Waals surface area contributed by atoms with E-state index in [4.69, 9.17) is 0 Å². The van der Waals surface area contributed by atoms with Crippen LogP contribution in [0.4, 0.5) is 5.69 Å². The summed E-state index contributed by atoms with van der Waals surface area (Å²) in [5, 5.41) is 0. The van der Waals surface area contributed by atoms with Crippen LogP contribution in [-0.2, 0) is 0 Å². The zero-order valence-electron chi connectivity index (χ0n) is 13.4. The highest BCUT2D eigenvalue weighted by atomic mass is 15.2. The van der Waals surface area contributed by atoms with Gasteiger partial charge in [-0.1, -0.05) is 7.43 Å². The standard InChI is InChI=1S/C17H21N5.CH2/c1-2-14-11-21(3-1)4-5-22(12-14)17-6-15(7-18-10-17)16-8-19-13-20-9-16;/h6-10,13-14H,1-5,11-12H2;1H2. The third-order valence-corrected chi connectivity index (χ3v) is 4.75. The summed E-state index contributed by atoms with van der Waals surface area (Å²) in [6, 6.07) is 2.22. The van der Waals surface area contributed by atoms with Crippen molar-refractivity contribution in [2.75, 3.05) is 37.6 Å². The summed E-state index contributed by atoms with van der Waals surface area (Å²) in [4.78, 5) is 17.8. The number of aromatic nitrogens is 3. The highest BCUT2D eigenvalue weighted by Crippen LogP contribution is 2.27. The second kappa shape index (κ2) is 7.04. The summed E-state index contributed by atoms with van der Waals surface area (Å²) >= 11 is 0. The van der Waals surface area contributed by atoms with Crippen molar-refractivity contribution in [1.29, 1.82) is 0 Å². The number of pyridine rings is 1. The van der Waals surface area contributed by atoms with E-state index in [2.05, 4.69) is 30.8 Å². The monoisotopic (exact) mass is 309 g/mol. The lowest BCUT2D eigenvalue weighted by atomic mass is 9.98. The summed E-state index contributed by atoms with van der Waals surface area (Å²) in [6.45, 7) is 5.93. The van der Waals surface area contributed by atoms with Gasteiger partial charge in [-0.3, -0.25) is 4.98 Å². The van der Waals surface area contributed by atoms with Crippen LogP contribution in [0.2, 0.25) is 0 Å². The second-order valence-electron chi connectivity index (χ2n) is 6.31. The molecule has 2 atom stereocenters. The molecule has 2 aromatic rings. The molecule has 2 fully saturated rings. The average Bonchev–Trinajstić information content (AvgIpc) is 2.74. The smallest absolute Gasteiger partial charge is 0.115 e. The van der Waals surface area contributed by atoms with Crippen LogP contribution < -0.4 is 4.90 Å². The van der Waals surface area contributed by atoms with Crippen molar-refractivity contribution >= 4 is 5.69 Å². The van der Waals surface area contributed by atoms with E-state index < -0.39 is 0 Å². The number of anilines is 1. The minimum atomic E-state index is 0. The van der Waals surface area contributed by atoms with Crippen LogP contribution >= 0.6 is 0 Å². The SMILES string of the molecule is [CH2].c1ncc(-c2cncc(N3CCN4CCCC(C4)C3)c2)cn1. The van der Waals surface area contributed by atoms with Crippen molar-refractivity contribution in [3.05, 3.63) is 44.6 Å². The molecule has 5 heteroatoms. The Balaban J connectivity index is 0.00000156. The van der Waals surface area contributed by atoms with Crippen LogP contribution in [0.1, 0.15) is 12.8 Å². The van der Waals surface area contributed by atoms with Crippen molar-refractivity contribution in [2.45, 2.75) is 12.8 Å². The zero-order valence-corrected chi connectivity index (χ0v) is 13.4. The van der Waals surface area contributed by atoms with Crippen LogP contribution in [0, 0.1) is 13.3 Å². The molecule has 2 unspecified atom stereocenters. The molecule has 2 aromatic heterocycles. The van der Waals surface area contributed by atoms with E-state index in [1.807, 2.05) is 24.8 Å². The van der Waals surface area contributed by atoms with E-state index in [9.17, 15) is 0 Å². The highest BCUT2D eigenvalue weighted by Gasteiger charge is 2.26. The minimum absolute atomic E-state index is 0. The summed E-state index contributed by atoms with van der Waals surface area (Å²) in [5.41, 5.74) is 3.33. The van der Waals surface area contributed by atoms with Gasteiger partial charge in [0, 0.05) is 55.9 Å². The van der Waals surface area contributed by atoms with Gasteiger partial charge in [0.15, 0.2) is 0 Å². The second-order valence-corrected chi connectivity index (χ2v) is 6.31. The molecule has 0 N–H and O–H groups in total. The molecule has 0 amide bonds. The first-order valence-electron chi connectivity index (χ1n) is 8.06. The first-order valence-corrected chi connectivity index (χ1v) is 8.06. The molecule has 0 saturated carbocycles. The van der Waals surface area contributed by atoms with Crippen molar-refractivity contribution < 1.29 is 0 Å². The lowest BCUT2D eigenvalue weighted by molar-refractivity contribution is 0.201. The molecule has 2 bridgehead atoms. The van der Waals surface area contributed by atoms with Crippen LogP contribution in [-0.4, -0.2) is 52.6 Å². The molecule has 2 aliphatic rings. The fourth-order valence-corrected chi connectivity index (χ4v) is 3.61. The number of hydrogen-bond donors (Lipinski definition) is 0. The van der Waals surface area contributed by atoms with Gasteiger partial charge in [0.2, 0.25) is 0 Å². The Hall–Kier alpha value is -2.01. The summed E-state index contributed by atoms with van der Waals surface area (Å²) in [7, 11) is 0. The normalized spacial score (nSPS) is 23.7. The Morgan fingerprint density at radius 3 is 2.57 bits per heavy atom. The van der Waals surface area contributed by atoms with Crippen LogP contribution in [0.3, 0.4) is 0 Å². The van der Waals surface area contributed by atoms with Crippen molar-refractivity contribution in [2.24, 2.45) is 5.92 Å². The van der Waals surface area contributed by atoms with Gasteiger partial charge in [-0.15, -0.1) is 0 Å². The first kappa shape index (κ1) is 15.9. The Labute approximate surface area is 138 Å². The third-order valence-electron chi connectivity index (χ3n) is 4.75. The zero-order chi connectivity index (χ0) is 14.8. The van der Waals surface area contributed by atoms with E-state index in [-0.39, 0.29) is 7.43 Å². The van der Waals surface area contributed by atoms with Gasteiger partial charge < -0.3 is 9.80 Å². The number of rotatable bonds is 2. The maximum atomic E-state index is 4.44. The minimum Gasteiger partial charge on any atom is -0.369 e. The highest BCUT2D eigenvalue weighted by molar-refractivity contribution is 5.65. The first-order chi connectivity index (χ1) is 10.9. The van der Waals surface area contributed by atoms with E-state index in [1.165, 1.54) is 31.6 Å². The van der Waals surface area contributed by atoms with E-state index in [0.29, 0.717) is 0 Å². The van der Waals surface area contributed by atoms with E-state index >= 15 is 0 Å². The predicted molar refractivity (Wildman–Crippen MR) is 92.0 cm³/mol. The van der Waals surface area contributed by atoms with Crippen LogP contribution in [0.25, 0.3) is 11.1 Å². The van der Waals surface area contributed by atoms with Crippen molar-refractivity contribution in [1.82, 2.24) is 19.9 Å². The largest absolute Gasteiger partial charge is 0.369 e. The van der Waals surface area contributed by atoms with Gasteiger partial charge in [0.25, 0.3) is 0 Å². The van der Waals surface area contributed by atoms with Crippen molar-refractivity contribution in [3.8, 4) is 11.1 Å². The summed E-state index contributed by atoms with van der Waals surface area (Å²) < 4.78 is 0. The molecule has 4 rings (SSSR count). The van der Waals surface area contributed by atoms with Crippen LogP contribution in [0.15, 0.2) is 37.2 Å². The number of hydrogen-bond acceptors (Lipinski definition) is 5. The Kier molecular flexibility index (Phi) is 4.86. The third kappa shape index (κ3) is 3.50. The van der Waals surface area contributed by atoms with Crippen molar-refractivity contribution in [3.63, 3.8) is 0 Å². The Morgan fingerprint density at radius 1 is 0.870 bits per heavy atom. The molecule has 0 spiro atoms. The number of fused-ring (bicyclic) bond motifs is 2. The van der Waals surface area contributed by atoms with E-state index in [1.54, 1.807) is 6.33 Å². The van der Waals surface area contributed by atoms with Gasteiger partial charge in [-0.05, 0) is 31.4 Å². The molecule has 4 heterocycles. The number of nitrogens with zero attached hydrogens (tertiary/aromatic N) is 5. The van der Waals surface area contributed by atoms with Gasteiger partial charge in [-0.2, -0.15) is 0 Å². The predicted octanol–water partition coefficient (Wildman–Crippen LogP) is 2.40. The topological polar surface area (TPSA) is 45.2 Å². The lowest BCUT2D eigenvalue weighted by Gasteiger charge is -2.29. The lowest BCUT2D eigenvalue weighted by Crippen LogP contribution is -2.35. The molecule has 5 nitrogen and oxygen atoms in total. The van der Waals surface area contributed by atoms with Gasteiger partial charge in [0.1, 0.15) is 6.33 Å². The van der Waals surface area contributed by atoms with Gasteiger partial charge in [0.05, 0.1) is 11.9 Å². The molecule has 2 radical (unpaired) electrons. The van der Waals surface area contributed by atoms with Gasteiger partial charge in [-0.25, -0.2) is 9.97 Å². The van der Waals surface area contributed by atoms with E-state index in [0.717, 1.165) is 36.7 Å². The Bertz CT molecular complexity index is 630. The maximum absolute atomic E-state index is 4.44. The number of piperidine rings is 1. The molecule has 2 aliphatic heterocycles. The fourth-order valence-electron chi connectivity index (χ4n) is 3.61.